The summed E-state index contributed by atoms with van der Waals surface area (Å²) in [6.45, 7) is 10.2. The molecule has 6 heteroatoms. The molecule has 0 aromatic heterocycles. The molecule has 4 nitrogen and oxygen atoms in total. The highest BCUT2D eigenvalue weighted by Crippen LogP contribution is 2.10. The Hall–Kier alpha value is -0.560. The second kappa shape index (κ2) is 6.84. The van der Waals surface area contributed by atoms with Gasteiger partial charge in [-0.3, -0.25) is 0 Å². The lowest BCUT2D eigenvalue weighted by atomic mass is 10.7. The molecule has 1 unspecified atom stereocenters. The zero-order chi connectivity index (χ0) is 11.9. The Labute approximate surface area is 94.3 Å². The van der Waals surface area contributed by atoms with E-state index in [1.807, 2.05) is 0 Å². The zero-order valence-electron chi connectivity index (χ0n) is 8.46. The summed E-state index contributed by atoms with van der Waals surface area (Å²) in [6, 6.07) is 0. The third-order valence-corrected chi connectivity index (χ3v) is 5.14. The molecule has 0 aliphatic heterocycles. The maximum absolute atomic E-state index is 11.6. The largest absolute Gasteiger partial charge is 0.597 e. The Morgan fingerprint density at radius 3 is 2.20 bits per heavy atom. The van der Waals surface area contributed by atoms with Crippen LogP contribution in [-0.2, 0) is 21.4 Å². The lowest BCUT2D eigenvalue weighted by Gasteiger charge is -2.21. The number of rotatable bonds is 8. The molecule has 0 aromatic carbocycles. The van der Waals surface area contributed by atoms with Crippen molar-refractivity contribution in [3.05, 3.63) is 38.0 Å². The molecule has 0 rings (SSSR count). The third-order valence-electron chi connectivity index (χ3n) is 1.40. The Morgan fingerprint density at radius 2 is 1.80 bits per heavy atom. The second-order valence-electron chi connectivity index (χ2n) is 2.62. The van der Waals surface area contributed by atoms with E-state index >= 15 is 0 Å². The summed E-state index contributed by atoms with van der Waals surface area (Å²) in [5.41, 5.74) is 0. The highest BCUT2D eigenvalue weighted by atomic mass is 32.3. The second-order valence-corrected chi connectivity index (χ2v) is 6.20. The summed E-state index contributed by atoms with van der Waals surface area (Å²) in [4.78, 5) is 0. The molecule has 0 radical (unpaired) electrons. The van der Waals surface area contributed by atoms with E-state index in [1.165, 1.54) is 18.2 Å². The minimum atomic E-state index is -3.56. The zero-order valence-corrected chi connectivity index (χ0v) is 10.1. The smallest absolute Gasteiger partial charge is 0.256 e. The summed E-state index contributed by atoms with van der Waals surface area (Å²) >= 11 is -1.62. The first-order chi connectivity index (χ1) is 6.99. The molecule has 0 aliphatic carbocycles. The minimum Gasteiger partial charge on any atom is -0.597 e. The van der Waals surface area contributed by atoms with E-state index in [1.54, 1.807) is 0 Å². The molecule has 0 aliphatic rings. The van der Waals surface area contributed by atoms with Crippen LogP contribution in [0.4, 0.5) is 0 Å². The van der Waals surface area contributed by atoms with Crippen LogP contribution in [0, 0.1) is 0 Å². The predicted molar refractivity (Wildman–Crippen MR) is 64.1 cm³/mol. The van der Waals surface area contributed by atoms with E-state index in [0.717, 1.165) is 3.71 Å². The number of nitrogens with zero attached hydrogens (tertiary/aromatic N) is 1. The molecule has 0 bridgehead atoms. The molecular formula is C9H15NO3S2. The quantitative estimate of drug-likeness (QED) is 0.473. The maximum Gasteiger partial charge on any atom is 0.256 e. The normalized spacial score (nSPS) is 13.5. The fourth-order valence-corrected chi connectivity index (χ4v) is 3.66. The first-order valence-electron chi connectivity index (χ1n) is 4.21. The lowest BCUT2D eigenvalue weighted by Crippen LogP contribution is -2.39. The number of hydrogen-bond acceptors (Lipinski definition) is 3. The van der Waals surface area contributed by atoms with E-state index < -0.39 is 21.4 Å². The average Bonchev–Trinajstić information content (AvgIpc) is 2.14. The van der Waals surface area contributed by atoms with Gasteiger partial charge in [0.15, 0.2) is 0 Å². The molecule has 0 fully saturated rings. The average molecular weight is 249 g/mol. The van der Waals surface area contributed by atoms with Crippen LogP contribution in [0.15, 0.2) is 38.0 Å². The molecule has 0 aromatic rings. The Bertz CT molecular complexity index is 324. The fraction of sp³-hybridized carbons (Fsp3) is 0.333. The number of sulfonamides is 1. The Balaban J connectivity index is 4.85. The Morgan fingerprint density at radius 1 is 1.20 bits per heavy atom. The van der Waals surface area contributed by atoms with Gasteiger partial charge in [0.25, 0.3) is 10.0 Å². The van der Waals surface area contributed by atoms with E-state index in [-0.39, 0.29) is 18.1 Å². The van der Waals surface area contributed by atoms with Crippen molar-refractivity contribution < 1.29 is 13.0 Å². The van der Waals surface area contributed by atoms with Crippen LogP contribution in [0.5, 0.6) is 0 Å². The third kappa shape index (κ3) is 4.65. The van der Waals surface area contributed by atoms with E-state index in [9.17, 15) is 13.0 Å². The summed E-state index contributed by atoms with van der Waals surface area (Å²) in [6.07, 6.45) is 4.06. The van der Waals surface area contributed by atoms with Gasteiger partial charge in [-0.2, -0.15) is 0 Å². The highest BCUT2D eigenvalue weighted by Gasteiger charge is 2.29. The Kier molecular flexibility index (Phi) is 6.58. The summed E-state index contributed by atoms with van der Waals surface area (Å²) in [5, 5.41) is 0. The van der Waals surface area contributed by atoms with Gasteiger partial charge in [-0.1, -0.05) is 18.7 Å². The molecule has 86 valence electrons. The molecule has 0 heterocycles. The standard InChI is InChI=1S/C9H15NO3S2/c1-4-7-10(14(11)8-5-2)15(12,13)9-6-3/h4-6H,1-3,7-9H2. The van der Waals surface area contributed by atoms with Crippen LogP contribution >= 0.6 is 0 Å². The maximum atomic E-state index is 11.6. The number of hydrogen-bond donors (Lipinski definition) is 0. The topological polar surface area (TPSA) is 60.4 Å². The SMILES string of the molecule is C=CCN([S+]([O-])CC=C)S(=O)(=O)CC=C. The van der Waals surface area contributed by atoms with Crippen molar-refractivity contribution in [2.75, 3.05) is 18.1 Å². The van der Waals surface area contributed by atoms with Crippen LogP contribution in [-0.4, -0.2) is 34.7 Å². The van der Waals surface area contributed by atoms with Gasteiger partial charge in [-0.25, -0.2) is 8.42 Å². The van der Waals surface area contributed by atoms with Crippen molar-refractivity contribution >= 4 is 21.4 Å². The van der Waals surface area contributed by atoms with Crippen molar-refractivity contribution in [2.45, 2.75) is 0 Å². The van der Waals surface area contributed by atoms with Crippen LogP contribution in [0.2, 0.25) is 0 Å². The van der Waals surface area contributed by atoms with E-state index in [2.05, 4.69) is 19.7 Å². The van der Waals surface area contributed by atoms with Crippen LogP contribution < -0.4 is 0 Å². The summed E-state index contributed by atoms with van der Waals surface area (Å²) in [5.74, 6) is -0.131. The molecule has 0 saturated heterocycles. The van der Waals surface area contributed by atoms with Gasteiger partial charge in [0.1, 0.15) is 5.75 Å². The monoisotopic (exact) mass is 249 g/mol. The van der Waals surface area contributed by atoms with Crippen LogP contribution in [0.1, 0.15) is 0 Å². The molecule has 1 atom stereocenters. The molecule has 0 spiro atoms. The molecule has 0 amide bonds. The highest BCUT2D eigenvalue weighted by molar-refractivity contribution is 8.04. The summed E-state index contributed by atoms with van der Waals surface area (Å²) in [7, 11) is -3.56. The van der Waals surface area contributed by atoms with Gasteiger partial charge in [-0.05, 0) is 9.79 Å². The van der Waals surface area contributed by atoms with Crippen molar-refractivity contribution in [3.8, 4) is 0 Å². The van der Waals surface area contributed by atoms with E-state index in [0.29, 0.717) is 0 Å². The van der Waals surface area contributed by atoms with Crippen LogP contribution in [0.25, 0.3) is 0 Å². The first kappa shape index (κ1) is 14.4. The molecule has 15 heavy (non-hydrogen) atoms. The summed E-state index contributed by atoms with van der Waals surface area (Å²) < 4.78 is 35.7. The van der Waals surface area contributed by atoms with Gasteiger partial charge in [0.05, 0.1) is 23.7 Å². The molecule has 0 N–H and O–H groups in total. The van der Waals surface area contributed by atoms with Gasteiger partial charge in [-0.15, -0.1) is 13.2 Å². The van der Waals surface area contributed by atoms with Crippen molar-refractivity contribution in [2.24, 2.45) is 0 Å². The van der Waals surface area contributed by atoms with Gasteiger partial charge in [0.2, 0.25) is 0 Å². The first-order valence-corrected chi connectivity index (χ1v) is 7.09. The molecule has 0 saturated carbocycles. The van der Waals surface area contributed by atoms with Gasteiger partial charge >= 0.3 is 0 Å². The van der Waals surface area contributed by atoms with Crippen LogP contribution in [0.3, 0.4) is 0 Å². The van der Waals surface area contributed by atoms with Crippen molar-refractivity contribution in [1.29, 1.82) is 0 Å². The molecular weight excluding hydrogens is 234 g/mol. The van der Waals surface area contributed by atoms with Crippen molar-refractivity contribution in [3.63, 3.8) is 0 Å². The predicted octanol–water partition coefficient (Wildman–Crippen LogP) is 0.840. The van der Waals surface area contributed by atoms with Gasteiger partial charge < -0.3 is 4.55 Å². The minimum absolute atomic E-state index is 0.0244. The van der Waals surface area contributed by atoms with Gasteiger partial charge in [0, 0.05) is 0 Å². The lowest BCUT2D eigenvalue weighted by molar-refractivity contribution is 0.517. The van der Waals surface area contributed by atoms with Crippen molar-refractivity contribution in [1.82, 2.24) is 3.71 Å². The van der Waals surface area contributed by atoms with E-state index in [4.69, 9.17) is 0 Å². The fourth-order valence-electron chi connectivity index (χ4n) is 0.845.